The highest BCUT2D eigenvalue weighted by Crippen LogP contribution is 1.99. The van der Waals surface area contributed by atoms with Crippen LogP contribution in [0.4, 0.5) is 4.39 Å². The Morgan fingerprint density at radius 1 is 1.88 bits per heavy atom. The van der Waals surface area contributed by atoms with Crippen molar-refractivity contribution in [1.29, 1.82) is 0 Å². The molecule has 0 bridgehead atoms. The predicted octanol–water partition coefficient (Wildman–Crippen LogP) is 1.11. The van der Waals surface area contributed by atoms with Crippen LogP contribution in [-0.4, -0.2) is 10.2 Å². The minimum Gasteiger partial charge on any atom is -0.280 e. The molecule has 0 fully saturated rings. The lowest BCUT2D eigenvalue weighted by atomic mass is 10.3. The lowest BCUT2D eigenvalue weighted by Gasteiger charge is -1.83. The van der Waals surface area contributed by atoms with E-state index in [0.717, 1.165) is 0 Å². The van der Waals surface area contributed by atoms with Crippen LogP contribution in [0.1, 0.15) is 12.6 Å². The topological polar surface area (TPSA) is 28.7 Å². The Hall–Kier alpha value is -0.860. The van der Waals surface area contributed by atoms with Gasteiger partial charge in [0.25, 0.3) is 0 Å². The molecular formula is C5H7FN2. The molecule has 0 atom stereocenters. The molecule has 1 aromatic heterocycles. The van der Waals surface area contributed by atoms with Gasteiger partial charge >= 0.3 is 0 Å². The molecule has 0 aliphatic carbocycles. The predicted molar refractivity (Wildman–Crippen MR) is 27.9 cm³/mol. The van der Waals surface area contributed by atoms with Gasteiger partial charge in [-0.1, -0.05) is 6.92 Å². The minimum absolute atomic E-state index is 0.243. The van der Waals surface area contributed by atoms with E-state index in [1.165, 1.54) is 6.20 Å². The summed E-state index contributed by atoms with van der Waals surface area (Å²) in [6.07, 6.45) is 1.85. The summed E-state index contributed by atoms with van der Waals surface area (Å²) in [6, 6.07) is 0. The highest BCUT2D eigenvalue weighted by Gasteiger charge is 1.97. The number of halogens is 1. The van der Waals surface area contributed by atoms with Crippen molar-refractivity contribution < 1.29 is 4.39 Å². The molecule has 1 aromatic rings. The van der Waals surface area contributed by atoms with E-state index >= 15 is 0 Å². The molecular weight excluding hydrogens is 107 g/mol. The summed E-state index contributed by atoms with van der Waals surface area (Å²) >= 11 is 0. The first-order valence-corrected chi connectivity index (χ1v) is 2.52. The van der Waals surface area contributed by atoms with Gasteiger partial charge in [-0.25, -0.2) is 4.39 Å². The number of nitrogens with one attached hydrogen (secondary N) is 1. The highest BCUT2D eigenvalue weighted by atomic mass is 19.1. The van der Waals surface area contributed by atoms with Gasteiger partial charge in [-0.15, -0.1) is 0 Å². The second-order valence-electron chi connectivity index (χ2n) is 1.55. The number of H-pyrrole nitrogens is 1. The summed E-state index contributed by atoms with van der Waals surface area (Å²) in [7, 11) is 0. The van der Waals surface area contributed by atoms with Crippen molar-refractivity contribution in [3.05, 3.63) is 17.7 Å². The summed E-state index contributed by atoms with van der Waals surface area (Å²) in [4.78, 5) is 0. The molecule has 0 amide bonds. The molecule has 0 spiro atoms. The highest BCUT2D eigenvalue weighted by molar-refractivity contribution is 5.00. The molecule has 1 rings (SSSR count). The quantitative estimate of drug-likeness (QED) is 0.582. The fourth-order valence-electron chi connectivity index (χ4n) is 0.546. The molecule has 0 saturated heterocycles. The van der Waals surface area contributed by atoms with E-state index in [4.69, 9.17) is 0 Å². The summed E-state index contributed by atoms with van der Waals surface area (Å²) in [6.45, 7) is 1.87. The number of aromatic amines is 1. The molecule has 0 aliphatic rings. The molecule has 44 valence electrons. The molecule has 2 nitrogen and oxygen atoms in total. The monoisotopic (exact) mass is 114 g/mol. The maximum absolute atomic E-state index is 12.3. The SMILES string of the molecule is CCc1[nH]ncc1F. The first kappa shape index (κ1) is 5.28. The molecule has 1 heterocycles. The van der Waals surface area contributed by atoms with Gasteiger partial charge in [-0.2, -0.15) is 5.10 Å². The van der Waals surface area contributed by atoms with E-state index in [1.807, 2.05) is 6.92 Å². The van der Waals surface area contributed by atoms with Crippen molar-refractivity contribution in [2.24, 2.45) is 0 Å². The zero-order valence-corrected chi connectivity index (χ0v) is 4.61. The Bertz CT molecular complexity index is 171. The van der Waals surface area contributed by atoms with Gasteiger partial charge in [-0.3, -0.25) is 5.10 Å². The van der Waals surface area contributed by atoms with Crippen LogP contribution in [0.25, 0.3) is 0 Å². The lowest BCUT2D eigenvalue weighted by molar-refractivity contribution is 0.612. The first-order chi connectivity index (χ1) is 3.84. The zero-order valence-electron chi connectivity index (χ0n) is 4.61. The summed E-state index contributed by atoms with van der Waals surface area (Å²) in [5, 5.41) is 6.02. The van der Waals surface area contributed by atoms with Crippen molar-refractivity contribution in [1.82, 2.24) is 10.2 Å². The average molecular weight is 114 g/mol. The van der Waals surface area contributed by atoms with E-state index in [9.17, 15) is 4.39 Å². The number of aryl methyl sites for hydroxylation is 1. The number of aromatic nitrogens is 2. The number of hydrogen-bond acceptors (Lipinski definition) is 1. The third-order valence-electron chi connectivity index (χ3n) is 1.02. The second-order valence-corrected chi connectivity index (χ2v) is 1.55. The summed E-state index contributed by atoms with van der Waals surface area (Å²) < 4.78 is 12.3. The van der Waals surface area contributed by atoms with Crippen molar-refractivity contribution in [3.63, 3.8) is 0 Å². The number of hydrogen-bond donors (Lipinski definition) is 1. The fourth-order valence-corrected chi connectivity index (χ4v) is 0.546. The van der Waals surface area contributed by atoms with E-state index in [0.29, 0.717) is 12.1 Å². The smallest absolute Gasteiger partial charge is 0.163 e. The summed E-state index contributed by atoms with van der Waals surface area (Å²) in [5.41, 5.74) is 0.574. The van der Waals surface area contributed by atoms with Crippen LogP contribution in [0.3, 0.4) is 0 Å². The third-order valence-corrected chi connectivity index (χ3v) is 1.02. The molecule has 3 heteroatoms. The van der Waals surface area contributed by atoms with Gasteiger partial charge < -0.3 is 0 Å². The Labute approximate surface area is 46.7 Å². The number of rotatable bonds is 1. The molecule has 0 unspecified atom stereocenters. The molecule has 1 N–H and O–H groups in total. The van der Waals surface area contributed by atoms with Crippen LogP contribution >= 0.6 is 0 Å². The van der Waals surface area contributed by atoms with Gasteiger partial charge in [0.2, 0.25) is 0 Å². The van der Waals surface area contributed by atoms with Crippen LogP contribution in [-0.2, 0) is 6.42 Å². The van der Waals surface area contributed by atoms with E-state index in [2.05, 4.69) is 10.2 Å². The van der Waals surface area contributed by atoms with Gasteiger partial charge in [-0.05, 0) is 6.42 Å². The Morgan fingerprint density at radius 2 is 2.62 bits per heavy atom. The molecule has 0 aliphatic heterocycles. The van der Waals surface area contributed by atoms with Crippen molar-refractivity contribution >= 4 is 0 Å². The van der Waals surface area contributed by atoms with Gasteiger partial charge in [0.1, 0.15) is 0 Å². The van der Waals surface area contributed by atoms with Crippen LogP contribution < -0.4 is 0 Å². The van der Waals surface area contributed by atoms with Crippen molar-refractivity contribution in [3.8, 4) is 0 Å². The molecule has 8 heavy (non-hydrogen) atoms. The van der Waals surface area contributed by atoms with Crippen LogP contribution in [0, 0.1) is 5.82 Å². The Balaban J connectivity index is 2.92. The molecule has 0 radical (unpaired) electrons. The normalized spacial score (nSPS) is 9.75. The third kappa shape index (κ3) is 0.710. The maximum Gasteiger partial charge on any atom is 0.163 e. The maximum atomic E-state index is 12.3. The van der Waals surface area contributed by atoms with E-state index < -0.39 is 0 Å². The Morgan fingerprint density at radius 3 is 2.88 bits per heavy atom. The standard InChI is InChI=1S/C5H7FN2/c1-2-5-4(6)3-7-8-5/h3H,2H2,1H3,(H,7,8). The second kappa shape index (κ2) is 1.94. The van der Waals surface area contributed by atoms with E-state index in [1.54, 1.807) is 0 Å². The van der Waals surface area contributed by atoms with Gasteiger partial charge in [0, 0.05) is 0 Å². The van der Waals surface area contributed by atoms with Gasteiger partial charge in [0.15, 0.2) is 5.82 Å². The van der Waals surface area contributed by atoms with Crippen molar-refractivity contribution in [2.75, 3.05) is 0 Å². The fraction of sp³-hybridized carbons (Fsp3) is 0.400. The zero-order chi connectivity index (χ0) is 5.98. The van der Waals surface area contributed by atoms with Gasteiger partial charge in [0.05, 0.1) is 11.9 Å². The average Bonchev–Trinajstić information content (AvgIpc) is 2.14. The minimum atomic E-state index is -0.243. The van der Waals surface area contributed by atoms with E-state index in [-0.39, 0.29) is 5.82 Å². The van der Waals surface area contributed by atoms with Crippen LogP contribution in [0.5, 0.6) is 0 Å². The summed E-state index contributed by atoms with van der Waals surface area (Å²) in [5.74, 6) is -0.243. The lowest BCUT2D eigenvalue weighted by Crippen LogP contribution is -1.81. The largest absolute Gasteiger partial charge is 0.280 e. The van der Waals surface area contributed by atoms with Crippen molar-refractivity contribution in [2.45, 2.75) is 13.3 Å². The molecule has 0 aromatic carbocycles. The number of nitrogens with zero attached hydrogens (tertiary/aromatic N) is 1. The molecule has 0 saturated carbocycles. The first-order valence-electron chi connectivity index (χ1n) is 2.52. The van der Waals surface area contributed by atoms with Crippen LogP contribution in [0.15, 0.2) is 6.20 Å². The Kier molecular flexibility index (Phi) is 1.28. The van der Waals surface area contributed by atoms with Crippen LogP contribution in [0.2, 0.25) is 0 Å².